The lowest BCUT2D eigenvalue weighted by atomic mass is 10.1. The molecular formula is C20H27BrN4O4S. The van der Waals surface area contributed by atoms with Crippen LogP contribution in [-0.2, 0) is 16.1 Å². The number of carbonyl (C=O) groups is 2. The largest absolute Gasteiger partial charge is 0.382 e. The number of rotatable bonds is 8. The van der Waals surface area contributed by atoms with Crippen LogP contribution in [0.2, 0.25) is 0 Å². The molecule has 3 amide bonds. The number of ether oxygens (including phenoxy) is 1. The number of benzene rings is 1. The lowest BCUT2D eigenvalue weighted by molar-refractivity contribution is -0.117. The number of imide groups is 1. The zero-order valence-electron chi connectivity index (χ0n) is 17.6. The number of halogens is 1. The first-order valence-electron chi connectivity index (χ1n) is 9.63. The van der Waals surface area contributed by atoms with Crippen LogP contribution in [-0.4, -0.2) is 46.0 Å². The molecule has 0 fully saturated rings. The number of amides is 3. The molecule has 0 bridgehead atoms. The van der Waals surface area contributed by atoms with Crippen molar-refractivity contribution in [2.45, 2.75) is 51.4 Å². The minimum Gasteiger partial charge on any atom is -0.382 e. The van der Waals surface area contributed by atoms with E-state index in [1.807, 2.05) is 33.8 Å². The molecule has 0 aliphatic rings. The summed E-state index contributed by atoms with van der Waals surface area (Å²) in [5, 5.41) is 5.89. The topological polar surface area (TPSA) is 102 Å². The molecule has 2 rings (SSSR count). The first-order valence-corrected chi connectivity index (χ1v) is 11.4. The van der Waals surface area contributed by atoms with Crippen molar-refractivity contribution in [3.05, 3.63) is 33.0 Å². The molecule has 0 spiro atoms. The van der Waals surface area contributed by atoms with Gasteiger partial charge in [-0.3, -0.25) is 19.5 Å². The van der Waals surface area contributed by atoms with Gasteiger partial charge in [0.05, 0.1) is 16.7 Å². The fraction of sp³-hybridized carbons (Fsp3) is 0.500. The van der Waals surface area contributed by atoms with Crippen LogP contribution in [0.4, 0.5) is 4.79 Å². The van der Waals surface area contributed by atoms with Gasteiger partial charge in [-0.1, -0.05) is 27.7 Å². The van der Waals surface area contributed by atoms with Crippen LogP contribution in [0.25, 0.3) is 10.9 Å². The lowest BCUT2D eigenvalue weighted by Crippen LogP contribution is -2.48. The number of hydrogen-bond acceptors (Lipinski definition) is 6. The van der Waals surface area contributed by atoms with E-state index in [1.165, 1.54) is 0 Å². The Labute approximate surface area is 188 Å². The average molecular weight is 499 g/mol. The predicted molar refractivity (Wildman–Crippen MR) is 122 cm³/mol. The van der Waals surface area contributed by atoms with Gasteiger partial charge in [-0.25, -0.2) is 9.78 Å². The van der Waals surface area contributed by atoms with Crippen molar-refractivity contribution in [3.8, 4) is 0 Å². The van der Waals surface area contributed by atoms with Crippen LogP contribution in [0.1, 0.15) is 34.1 Å². The van der Waals surface area contributed by atoms with Crippen LogP contribution >= 0.6 is 27.7 Å². The second-order valence-electron chi connectivity index (χ2n) is 7.60. The van der Waals surface area contributed by atoms with E-state index in [2.05, 4.69) is 31.5 Å². The molecule has 8 nitrogen and oxygen atoms in total. The smallest absolute Gasteiger partial charge is 0.321 e. The van der Waals surface area contributed by atoms with Crippen molar-refractivity contribution in [1.29, 1.82) is 0 Å². The normalized spacial score (nSPS) is 11.5. The fourth-order valence-corrected chi connectivity index (χ4v) is 3.80. The average Bonchev–Trinajstić information content (AvgIpc) is 2.64. The molecule has 2 N–H and O–H groups in total. The minimum atomic E-state index is -0.557. The summed E-state index contributed by atoms with van der Waals surface area (Å²) in [6.45, 7) is 8.94. The highest BCUT2D eigenvalue weighted by atomic mass is 79.9. The first-order chi connectivity index (χ1) is 14.1. The second-order valence-corrected chi connectivity index (χ2v) is 9.46. The predicted octanol–water partition coefficient (Wildman–Crippen LogP) is 3.30. The van der Waals surface area contributed by atoms with Crippen molar-refractivity contribution < 1.29 is 14.3 Å². The minimum absolute atomic E-state index is 0.0441. The molecule has 30 heavy (non-hydrogen) atoms. The van der Waals surface area contributed by atoms with Gasteiger partial charge in [0.25, 0.3) is 5.56 Å². The first kappa shape index (κ1) is 24.4. The quantitative estimate of drug-likeness (QED) is 0.328. The Bertz CT molecular complexity index is 972. The van der Waals surface area contributed by atoms with Crippen LogP contribution in [0, 0.1) is 0 Å². The van der Waals surface area contributed by atoms with Gasteiger partial charge >= 0.3 is 6.03 Å². The summed E-state index contributed by atoms with van der Waals surface area (Å²) in [6.07, 6.45) is 0.642. The summed E-state index contributed by atoms with van der Waals surface area (Å²) in [5.74, 6) is -0.509. The van der Waals surface area contributed by atoms with Gasteiger partial charge in [-0.05, 0) is 52.3 Å². The van der Waals surface area contributed by atoms with Crippen molar-refractivity contribution in [1.82, 2.24) is 20.2 Å². The third-order valence-corrected chi connectivity index (χ3v) is 5.30. The molecular weight excluding hydrogens is 472 g/mol. The number of fused-ring (bicyclic) bond motifs is 1. The second kappa shape index (κ2) is 10.9. The van der Waals surface area contributed by atoms with E-state index in [4.69, 9.17) is 4.74 Å². The van der Waals surface area contributed by atoms with Crippen LogP contribution in [0.5, 0.6) is 0 Å². The maximum absolute atomic E-state index is 13.0. The number of aromatic nitrogens is 2. The Morgan fingerprint density at radius 1 is 1.30 bits per heavy atom. The zero-order valence-corrected chi connectivity index (χ0v) is 20.0. The van der Waals surface area contributed by atoms with Crippen molar-refractivity contribution >= 4 is 50.5 Å². The number of nitrogens with zero attached hydrogens (tertiary/aromatic N) is 2. The third kappa shape index (κ3) is 7.41. The monoisotopic (exact) mass is 498 g/mol. The van der Waals surface area contributed by atoms with E-state index in [1.54, 1.807) is 16.7 Å². The molecule has 164 valence electrons. The van der Waals surface area contributed by atoms with E-state index in [0.29, 0.717) is 42.2 Å². The van der Waals surface area contributed by atoms with Crippen molar-refractivity contribution in [2.75, 3.05) is 19.0 Å². The molecule has 0 radical (unpaired) electrons. The Kier molecular flexibility index (Phi) is 8.87. The van der Waals surface area contributed by atoms with Gasteiger partial charge in [0.15, 0.2) is 5.16 Å². The maximum atomic E-state index is 13.0. The van der Waals surface area contributed by atoms with Gasteiger partial charge in [-0.15, -0.1) is 0 Å². The molecule has 0 unspecified atom stereocenters. The molecule has 0 aliphatic carbocycles. The van der Waals surface area contributed by atoms with Gasteiger partial charge in [0, 0.05) is 29.8 Å². The molecule has 0 aliphatic heterocycles. The summed E-state index contributed by atoms with van der Waals surface area (Å²) < 4.78 is 7.71. The SMILES string of the molecule is CCOCCCn1c(SCC(=O)NC(=O)NC(C)(C)C)nc2ccc(Br)cc2c1=O. The van der Waals surface area contributed by atoms with Crippen LogP contribution in [0.3, 0.4) is 0 Å². The number of nitrogens with one attached hydrogen (secondary N) is 2. The fourth-order valence-electron chi connectivity index (χ4n) is 2.61. The number of hydrogen-bond donors (Lipinski definition) is 2. The molecule has 0 atom stereocenters. The molecule has 1 aromatic carbocycles. The highest BCUT2D eigenvalue weighted by molar-refractivity contribution is 9.10. The summed E-state index contributed by atoms with van der Waals surface area (Å²) in [4.78, 5) is 41.6. The van der Waals surface area contributed by atoms with E-state index in [-0.39, 0.29) is 11.3 Å². The molecule has 0 saturated carbocycles. The van der Waals surface area contributed by atoms with Gasteiger partial charge in [-0.2, -0.15) is 0 Å². The molecule has 1 aromatic heterocycles. The van der Waals surface area contributed by atoms with Crippen molar-refractivity contribution in [2.24, 2.45) is 0 Å². The molecule has 0 saturated heterocycles. The number of carbonyl (C=O) groups excluding carboxylic acids is 2. The zero-order chi connectivity index (χ0) is 22.3. The Hall–Kier alpha value is -1.91. The lowest BCUT2D eigenvalue weighted by Gasteiger charge is -2.20. The summed E-state index contributed by atoms with van der Waals surface area (Å²) in [5.41, 5.74) is -0.0731. The Morgan fingerprint density at radius 2 is 2.03 bits per heavy atom. The van der Waals surface area contributed by atoms with Gasteiger partial charge in [0.1, 0.15) is 0 Å². The summed E-state index contributed by atoms with van der Waals surface area (Å²) in [7, 11) is 0. The van der Waals surface area contributed by atoms with Crippen molar-refractivity contribution in [3.63, 3.8) is 0 Å². The summed E-state index contributed by atoms with van der Waals surface area (Å²) >= 11 is 4.50. The summed E-state index contributed by atoms with van der Waals surface area (Å²) in [6, 6.07) is 4.75. The number of thioether (sulfide) groups is 1. The van der Waals surface area contributed by atoms with E-state index in [0.717, 1.165) is 16.2 Å². The third-order valence-electron chi connectivity index (χ3n) is 3.83. The molecule has 2 aromatic rings. The van der Waals surface area contributed by atoms with E-state index in [9.17, 15) is 14.4 Å². The Morgan fingerprint density at radius 3 is 2.70 bits per heavy atom. The van der Waals surface area contributed by atoms with Gasteiger partial charge < -0.3 is 10.1 Å². The molecule has 1 heterocycles. The van der Waals surface area contributed by atoms with Gasteiger partial charge in [0.2, 0.25) is 5.91 Å². The van der Waals surface area contributed by atoms with Crippen LogP contribution < -0.4 is 16.2 Å². The van der Waals surface area contributed by atoms with Crippen LogP contribution in [0.15, 0.2) is 32.6 Å². The van der Waals surface area contributed by atoms with E-state index < -0.39 is 17.5 Å². The number of urea groups is 1. The molecule has 10 heteroatoms. The Balaban J connectivity index is 2.19. The standard InChI is InChI=1S/C20H27BrN4O4S/c1-5-29-10-6-9-25-17(27)14-11-13(21)7-8-15(14)22-19(25)30-12-16(26)23-18(28)24-20(2,3)4/h7-8,11H,5-6,9-10,12H2,1-4H3,(H2,23,24,26,28). The highest BCUT2D eigenvalue weighted by Crippen LogP contribution is 2.20. The van der Waals surface area contributed by atoms with E-state index >= 15 is 0 Å². The highest BCUT2D eigenvalue weighted by Gasteiger charge is 2.17. The maximum Gasteiger partial charge on any atom is 0.321 e.